The summed E-state index contributed by atoms with van der Waals surface area (Å²) in [5.41, 5.74) is 4.00. The van der Waals surface area contributed by atoms with E-state index in [4.69, 9.17) is 29.9 Å². The number of carbonyl (C=O) groups excluding carboxylic acids is 2. The maximum absolute atomic E-state index is 14.1. The highest BCUT2D eigenvalue weighted by atomic mass is 16.3. The summed E-state index contributed by atoms with van der Waals surface area (Å²) >= 11 is 0. The molecule has 4 fully saturated rings. The van der Waals surface area contributed by atoms with Crippen molar-refractivity contribution in [3.8, 4) is 11.5 Å². The number of carbonyl (C=O) groups is 2. The Labute approximate surface area is 644 Å². The molecule has 0 spiro atoms. The lowest BCUT2D eigenvalue weighted by Gasteiger charge is -2.22. The molecule has 578 valence electrons. The second-order valence-corrected chi connectivity index (χ2v) is 29.5. The Morgan fingerprint density at radius 2 is 0.627 bits per heavy atom. The molecular formula is C84H108N22O4. The van der Waals surface area contributed by atoms with Gasteiger partial charge in [0.15, 0.2) is 11.5 Å². The molecule has 4 saturated carbocycles. The number of benzene rings is 7. The average Bonchev–Trinajstić information content (AvgIpc) is 0.785. The molecular weight excluding hydrogens is 1380 g/mol. The van der Waals surface area contributed by atoms with E-state index >= 15 is 0 Å². The van der Waals surface area contributed by atoms with Gasteiger partial charge >= 0.3 is 0 Å². The van der Waals surface area contributed by atoms with Crippen LogP contribution in [0.3, 0.4) is 0 Å². The van der Waals surface area contributed by atoms with Crippen LogP contribution >= 0.6 is 0 Å². The molecule has 9 aromatic rings. The fourth-order valence-electron chi connectivity index (χ4n) is 15.0. The number of phenolic OH excluding ortho intramolecular Hbond substituents is 2. The first-order chi connectivity index (χ1) is 54.1. The predicted octanol–water partition coefficient (Wildman–Crippen LogP) is 17.2. The van der Waals surface area contributed by atoms with Crippen molar-refractivity contribution in [3.05, 3.63) is 156 Å². The van der Waals surface area contributed by atoms with Crippen molar-refractivity contribution in [1.29, 1.82) is 0 Å². The van der Waals surface area contributed by atoms with Crippen LogP contribution in [0.25, 0.3) is 21.5 Å². The van der Waals surface area contributed by atoms with Crippen LogP contribution < -0.4 is 63.8 Å². The number of phenols is 2. The quantitative estimate of drug-likeness (QED) is 0.0126. The molecule has 0 aliphatic heterocycles. The standard InChI is InChI=1S/C84H108N22O4/c107-75-71(53-59-21-13-15-31-69(59)73(75)105-103-67-37-33-57(34-38-67)55-93-83-99-79(89-49-17-45-85-61-23-5-1-6-24-61)97-80(100-83)90-50-18-46-86-62-25-7-2-8-26-62)77(109)95-65-41-43-66(44-42-65)96-78(110)72-54-60-22-14-16-32-70(60)74(76(72)108)106-104-68-39-35-58(36-40-68)56-94-84-101-81(91-51-19-47-87-63-27-9-3-10-28-63)98-82(102-84)92-52-20-48-88-64-29-11-4-12-30-64/h13-16,21-22,31-44,53-54,61-64,85-88,107-108H,1-12,17-20,23-30,45-52,55-56H2,(H,95,109)(H,96,110)(H3,89,90,93,97,99,100)(H3,91,92,94,98,101,102). The van der Waals surface area contributed by atoms with Gasteiger partial charge in [0.25, 0.3) is 11.8 Å². The molecule has 13 rings (SSSR count). The number of aromatic hydroxyl groups is 2. The molecule has 0 atom stereocenters. The van der Waals surface area contributed by atoms with E-state index in [1.54, 1.807) is 36.4 Å². The van der Waals surface area contributed by atoms with E-state index in [-0.39, 0.29) is 34.0 Å². The number of rotatable bonds is 38. The molecule has 14 N–H and O–H groups in total. The van der Waals surface area contributed by atoms with Gasteiger partial charge in [-0.1, -0.05) is 150 Å². The zero-order chi connectivity index (χ0) is 75.3. The van der Waals surface area contributed by atoms with Crippen LogP contribution in [0.1, 0.15) is 186 Å². The van der Waals surface area contributed by atoms with Gasteiger partial charge < -0.3 is 74.0 Å². The van der Waals surface area contributed by atoms with Gasteiger partial charge in [0.2, 0.25) is 35.7 Å². The van der Waals surface area contributed by atoms with Gasteiger partial charge in [0.1, 0.15) is 11.4 Å². The summed E-state index contributed by atoms with van der Waals surface area (Å²) in [5, 5.41) is 85.4. The number of anilines is 8. The van der Waals surface area contributed by atoms with Gasteiger partial charge in [-0.25, -0.2) is 0 Å². The van der Waals surface area contributed by atoms with Gasteiger partial charge in [0, 0.05) is 85.6 Å². The Hall–Kier alpha value is -10.5. The van der Waals surface area contributed by atoms with E-state index in [0.717, 1.165) is 89.2 Å². The van der Waals surface area contributed by atoms with E-state index < -0.39 is 11.8 Å². The van der Waals surface area contributed by atoms with E-state index in [9.17, 15) is 19.8 Å². The van der Waals surface area contributed by atoms with Crippen molar-refractivity contribution in [1.82, 2.24) is 51.2 Å². The van der Waals surface area contributed by atoms with E-state index in [2.05, 4.69) is 84.3 Å². The summed E-state index contributed by atoms with van der Waals surface area (Å²) in [4.78, 5) is 56.6. The number of azo groups is 2. The third kappa shape index (κ3) is 23.3. The number of hydrogen-bond acceptors (Lipinski definition) is 24. The molecule has 0 radical (unpaired) electrons. The highest BCUT2D eigenvalue weighted by Crippen LogP contribution is 2.42. The molecule has 4 aliphatic carbocycles. The monoisotopic (exact) mass is 1490 g/mol. The molecule has 0 saturated heterocycles. The van der Waals surface area contributed by atoms with Gasteiger partial charge in [-0.2, -0.15) is 40.1 Å². The maximum atomic E-state index is 14.1. The molecule has 0 unspecified atom stereocenters. The van der Waals surface area contributed by atoms with Crippen molar-refractivity contribution in [2.45, 2.75) is 191 Å². The highest BCUT2D eigenvalue weighted by molar-refractivity contribution is 6.13. The Morgan fingerprint density at radius 3 is 0.936 bits per heavy atom. The summed E-state index contributed by atoms with van der Waals surface area (Å²) in [5.74, 6) is 1.11. The highest BCUT2D eigenvalue weighted by Gasteiger charge is 2.23. The SMILES string of the molecule is O=C(Nc1ccc(NC(=O)c2cc3ccccc3c(N=Nc3ccc(CNc4nc(NCCCNC5CCCCC5)nc(NCCCNC5CCCCC5)n4)cc3)c2O)cc1)c1cc2ccccc2c(N=Nc2ccc(CNc3nc(NCCCNC4CCCCC4)nc(NCCCNC4CCCCC4)n3)cc2)c1O. The average molecular weight is 1490 g/mol. The number of hydrogen-bond donors (Lipinski definition) is 14. The smallest absolute Gasteiger partial charge is 0.259 e. The largest absolute Gasteiger partial charge is 0.505 e. The van der Waals surface area contributed by atoms with Gasteiger partial charge in [-0.15, -0.1) is 10.2 Å². The molecule has 2 heterocycles. The van der Waals surface area contributed by atoms with Crippen molar-refractivity contribution in [3.63, 3.8) is 0 Å². The summed E-state index contributed by atoms with van der Waals surface area (Å²) in [6.07, 6.45) is 29.6. The first-order valence-electron chi connectivity index (χ1n) is 40.3. The van der Waals surface area contributed by atoms with E-state index in [0.29, 0.717) is 117 Å². The molecule has 2 aromatic heterocycles. The van der Waals surface area contributed by atoms with Crippen LogP contribution in [0.2, 0.25) is 0 Å². The Balaban J connectivity index is 0.606. The number of fused-ring (bicyclic) bond motifs is 2. The molecule has 2 amide bonds. The predicted molar refractivity (Wildman–Crippen MR) is 441 cm³/mol. The van der Waals surface area contributed by atoms with Crippen LogP contribution in [0.5, 0.6) is 11.5 Å². The lowest BCUT2D eigenvalue weighted by molar-refractivity contribution is 0.101. The molecule has 7 aromatic carbocycles. The first-order valence-corrected chi connectivity index (χ1v) is 40.3. The summed E-state index contributed by atoms with van der Waals surface area (Å²) < 4.78 is 0. The Bertz CT molecular complexity index is 4110. The molecule has 26 nitrogen and oxygen atoms in total. The summed E-state index contributed by atoms with van der Waals surface area (Å²) in [6, 6.07) is 42.0. The van der Waals surface area contributed by atoms with Crippen LogP contribution in [0, 0.1) is 0 Å². The molecule has 0 bridgehead atoms. The zero-order valence-corrected chi connectivity index (χ0v) is 63.2. The van der Waals surface area contributed by atoms with Crippen LogP contribution in [-0.4, -0.2) is 128 Å². The van der Waals surface area contributed by atoms with Crippen molar-refractivity contribution >= 4 is 103 Å². The normalized spacial score (nSPS) is 15.5. The van der Waals surface area contributed by atoms with Gasteiger partial charge in [0.05, 0.1) is 22.5 Å². The number of amides is 2. The Morgan fingerprint density at radius 1 is 0.336 bits per heavy atom. The maximum Gasteiger partial charge on any atom is 0.259 e. The molecule has 26 heteroatoms. The third-order valence-corrected chi connectivity index (χ3v) is 21.2. The van der Waals surface area contributed by atoms with Crippen LogP contribution in [0.4, 0.5) is 69.8 Å². The fourth-order valence-corrected chi connectivity index (χ4v) is 15.0. The van der Waals surface area contributed by atoms with Gasteiger partial charge in [-0.3, -0.25) is 9.59 Å². The molecule has 110 heavy (non-hydrogen) atoms. The van der Waals surface area contributed by atoms with Crippen molar-refractivity contribution in [2.24, 2.45) is 20.5 Å². The minimum Gasteiger partial charge on any atom is -0.505 e. The summed E-state index contributed by atoms with van der Waals surface area (Å²) in [7, 11) is 0. The second kappa shape index (κ2) is 40.8. The summed E-state index contributed by atoms with van der Waals surface area (Å²) in [6.45, 7) is 7.57. The lowest BCUT2D eigenvalue weighted by atomic mass is 9.95. The minimum atomic E-state index is -0.589. The Kier molecular flexibility index (Phi) is 28.8. The van der Waals surface area contributed by atoms with Gasteiger partial charge in [-0.05, 0) is 186 Å². The number of aromatic nitrogens is 6. The van der Waals surface area contributed by atoms with Crippen LogP contribution in [0.15, 0.2) is 154 Å². The lowest BCUT2D eigenvalue weighted by Crippen LogP contribution is -2.32. The number of nitrogens with one attached hydrogen (secondary N) is 12. The van der Waals surface area contributed by atoms with Crippen molar-refractivity contribution < 1.29 is 19.8 Å². The second-order valence-electron chi connectivity index (χ2n) is 29.5. The number of nitrogens with zero attached hydrogens (tertiary/aromatic N) is 10. The first kappa shape index (κ1) is 77.6. The van der Waals surface area contributed by atoms with Crippen molar-refractivity contribution in [2.75, 3.05) is 94.9 Å². The van der Waals surface area contributed by atoms with E-state index in [1.165, 1.54) is 128 Å². The third-order valence-electron chi connectivity index (χ3n) is 21.2. The zero-order valence-electron chi connectivity index (χ0n) is 63.2. The molecule has 4 aliphatic rings. The minimum absolute atomic E-state index is 0.0123. The van der Waals surface area contributed by atoms with Crippen LogP contribution in [-0.2, 0) is 13.1 Å². The topological polar surface area (TPSA) is 346 Å². The fraction of sp³-hybridized carbons (Fsp3) is 0.452. The van der Waals surface area contributed by atoms with E-state index in [1.807, 2.05) is 97.1 Å².